The first-order valence-electron chi connectivity index (χ1n) is 10.3. The summed E-state index contributed by atoms with van der Waals surface area (Å²) in [5, 5.41) is 4.73. The molecule has 1 heterocycles. The average molecular weight is 432 g/mol. The maximum Gasteiger partial charge on any atom is 0.244 e. The van der Waals surface area contributed by atoms with Crippen molar-refractivity contribution in [3.63, 3.8) is 0 Å². The summed E-state index contributed by atoms with van der Waals surface area (Å²) in [6.45, 7) is 6.24. The van der Waals surface area contributed by atoms with Crippen molar-refractivity contribution in [3.05, 3.63) is 58.1 Å². The average Bonchev–Trinajstić information content (AvgIpc) is 3.54. The zero-order chi connectivity index (χ0) is 20.5. The Morgan fingerprint density at radius 3 is 2.52 bits per heavy atom. The quantitative estimate of drug-likeness (QED) is 0.688. The van der Waals surface area contributed by atoms with E-state index in [2.05, 4.69) is 42.3 Å². The highest BCUT2D eigenvalue weighted by atomic mass is 35.5. The van der Waals surface area contributed by atoms with E-state index >= 15 is 0 Å². The van der Waals surface area contributed by atoms with Gasteiger partial charge >= 0.3 is 0 Å². The first kappa shape index (κ1) is 20.5. The van der Waals surface area contributed by atoms with E-state index in [1.165, 1.54) is 18.5 Å². The van der Waals surface area contributed by atoms with E-state index in [1.807, 2.05) is 17.0 Å². The van der Waals surface area contributed by atoms with E-state index in [0.717, 1.165) is 24.3 Å². The summed E-state index contributed by atoms with van der Waals surface area (Å²) in [6.07, 6.45) is 2.50. The molecule has 1 unspecified atom stereocenters. The van der Waals surface area contributed by atoms with Gasteiger partial charge in [-0.05, 0) is 54.7 Å². The molecule has 1 aliphatic heterocycles. The van der Waals surface area contributed by atoms with Crippen LogP contribution in [0, 0.1) is 5.92 Å². The molecule has 0 spiro atoms. The highest BCUT2D eigenvalue weighted by Crippen LogP contribution is 2.40. The fourth-order valence-corrected chi connectivity index (χ4v) is 4.43. The van der Waals surface area contributed by atoms with E-state index in [0.29, 0.717) is 22.6 Å². The molecular weight excluding hydrogens is 405 g/mol. The summed E-state index contributed by atoms with van der Waals surface area (Å²) < 4.78 is 0. The lowest BCUT2D eigenvalue weighted by atomic mass is 10.0. The van der Waals surface area contributed by atoms with E-state index in [9.17, 15) is 4.79 Å². The largest absolute Gasteiger partial charge is 0.365 e. The molecule has 6 heteroatoms. The van der Waals surface area contributed by atoms with Crippen molar-refractivity contribution in [2.45, 2.75) is 45.3 Å². The number of nitrogens with one attached hydrogen (secondary N) is 1. The lowest BCUT2D eigenvalue weighted by Gasteiger charge is -2.40. The maximum atomic E-state index is 13.6. The van der Waals surface area contributed by atoms with E-state index in [4.69, 9.17) is 23.2 Å². The summed E-state index contributed by atoms with van der Waals surface area (Å²) in [5.41, 5.74) is 3.09. The minimum Gasteiger partial charge on any atom is -0.365 e. The van der Waals surface area contributed by atoms with Crippen molar-refractivity contribution in [3.8, 4) is 0 Å². The van der Waals surface area contributed by atoms with Gasteiger partial charge in [-0.15, -0.1) is 0 Å². The van der Waals surface area contributed by atoms with Crippen LogP contribution in [-0.2, 0) is 11.3 Å². The van der Waals surface area contributed by atoms with Crippen molar-refractivity contribution in [1.82, 2.24) is 5.32 Å². The maximum absolute atomic E-state index is 13.6. The van der Waals surface area contributed by atoms with Crippen LogP contribution in [0.4, 0.5) is 11.4 Å². The van der Waals surface area contributed by atoms with Crippen LogP contribution >= 0.6 is 23.2 Å². The highest BCUT2D eigenvalue weighted by Gasteiger charge is 2.37. The SMILES string of the molecule is CC(C)C(NCc1cc(Cl)ccc1Cl)C(=O)N1CCN(C2CC2)c2ccccc21. The molecule has 1 N–H and O–H groups in total. The molecule has 1 amide bonds. The van der Waals surface area contributed by atoms with Gasteiger partial charge in [0.15, 0.2) is 0 Å². The topological polar surface area (TPSA) is 35.6 Å². The molecule has 0 radical (unpaired) electrons. The van der Waals surface area contributed by atoms with Gasteiger partial charge < -0.3 is 15.1 Å². The zero-order valence-corrected chi connectivity index (χ0v) is 18.4. The predicted octanol–water partition coefficient (Wildman–Crippen LogP) is 5.12. The monoisotopic (exact) mass is 431 g/mol. The second-order valence-corrected chi connectivity index (χ2v) is 9.09. The number of anilines is 2. The Labute approximate surface area is 182 Å². The predicted molar refractivity (Wildman–Crippen MR) is 121 cm³/mol. The molecule has 4 nitrogen and oxygen atoms in total. The van der Waals surface area contributed by atoms with Crippen molar-refractivity contribution in [1.29, 1.82) is 0 Å². The number of fused-ring (bicyclic) bond motifs is 1. The van der Waals surface area contributed by atoms with Crippen LogP contribution in [0.2, 0.25) is 10.0 Å². The van der Waals surface area contributed by atoms with Gasteiger partial charge in [-0.1, -0.05) is 49.2 Å². The second kappa shape index (κ2) is 8.55. The third kappa shape index (κ3) is 4.40. The first-order valence-corrected chi connectivity index (χ1v) is 11.1. The van der Waals surface area contributed by atoms with Crippen LogP contribution in [0.1, 0.15) is 32.3 Å². The molecule has 0 saturated heterocycles. The zero-order valence-electron chi connectivity index (χ0n) is 16.9. The summed E-state index contributed by atoms with van der Waals surface area (Å²) in [7, 11) is 0. The molecule has 2 aromatic rings. The number of rotatable bonds is 6. The normalized spacial score (nSPS) is 17.4. The highest BCUT2D eigenvalue weighted by molar-refractivity contribution is 6.33. The number of hydrogen-bond acceptors (Lipinski definition) is 3. The molecule has 2 aliphatic rings. The molecule has 1 aliphatic carbocycles. The Kier molecular flexibility index (Phi) is 6.05. The number of carbonyl (C=O) groups excluding carboxylic acids is 1. The molecule has 154 valence electrons. The van der Waals surface area contributed by atoms with Gasteiger partial charge in [0.05, 0.1) is 17.4 Å². The van der Waals surface area contributed by atoms with Crippen LogP contribution < -0.4 is 15.1 Å². The van der Waals surface area contributed by atoms with Gasteiger partial charge in [-0.2, -0.15) is 0 Å². The van der Waals surface area contributed by atoms with Gasteiger partial charge in [-0.3, -0.25) is 4.79 Å². The number of hydrogen-bond donors (Lipinski definition) is 1. The Morgan fingerprint density at radius 2 is 1.83 bits per heavy atom. The van der Waals surface area contributed by atoms with Crippen molar-refractivity contribution in [2.24, 2.45) is 5.92 Å². The molecule has 1 saturated carbocycles. The Morgan fingerprint density at radius 1 is 1.10 bits per heavy atom. The number of nitrogens with zero attached hydrogens (tertiary/aromatic N) is 2. The third-order valence-electron chi connectivity index (χ3n) is 5.75. The molecule has 0 bridgehead atoms. The number of para-hydroxylation sites is 2. The standard InChI is InChI=1S/C23H27Cl2N3O/c1-15(2)22(26-14-16-13-17(24)7-10-19(16)25)23(29)28-12-11-27(18-8-9-18)20-5-3-4-6-21(20)28/h3-7,10,13,15,18,22,26H,8-9,11-12,14H2,1-2H3. The molecule has 1 atom stereocenters. The number of carbonyl (C=O) groups is 1. The summed E-state index contributed by atoms with van der Waals surface area (Å²) in [5.74, 6) is 0.259. The summed E-state index contributed by atoms with van der Waals surface area (Å²) >= 11 is 12.4. The van der Waals surface area contributed by atoms with Gasteiger partial charge in [0, 0.05) is 35.7 Å². The molecular formula is C23H27Cl2N3O. The van der Waals surface area contributed by atoms with Gasteiger partial charge in [-0.25, -0.2) is 0 Å². The van der Waals surface area contributed by atoms with Crippen LogP contribution in [0.25, 0.3) is 0 Å². The van der Waals surface area contributed by atoms with E-state index < -0.39 is 0 Å². The Bertz CT molecular complexity index is 897. The minimum absolute atomic E-state index is 0.112. The van der Waals surface area contributed by atoms with Crippen LogP contribution in [0.5, 0.6) is 0 Å². The third-order valence-corrected chi connectivity index (χ3v) is 6.36. The number of benzene rings is 2. The van der Waals surface area contributed by atoms with E-state index in [-0.39, 0.29) is 17.9 Å². The van der Waals surface area contributed by atoms with E-state index in [1.54, 1.807) is 12.1 Å². The number of amides is 1. The van der Waals surface area contributed by atoms with Crippen molar-refractivity contribution < 1.29 is 4.79 Å². The number of halogens is 2. The first-order chi connectivity index (χ1) is 14.0. The van der Waals surface area contributed by atoms with Gasteiger partial charge in [0.2, 0.25) is 5.91 Å². The smallest absolute Gasteiger partial charge is 0.244 e. The van der Waals surface area contributed by atoms with Crippen molar-refractivity contribution in [2.75, 3.05) is 22.9 Å². The van der Waals surface area contributed by atoms with Crippen LogP contribution in [-0.4, -0.2) is 31.1 Å². The Balaban J connectivity index is 1.54. The van der Waals surface area contributed by atoms with Crippen LogP contribution in [0.15, 0.2) is 42.5 Å². The van der Waals surface area contributed by atoms with Crippen molar-refractivity contribution >= 4 is 40.5 Å². The molecule has 1 fully saturated rings. The fraction of sp³-hybridized carbons (Fsp3) is 0.435. The Hall–Kier alpha value is -1.75. The minimum atomic E-state index is -0.300. The van der Waals surface area contributed by atoms with Gasteiger partial charge in [0.25, 0.3) is 0 Å². The second-order valence-electron chi connectivity index (χ2n) is 8.24. The van der Waals surface area contributed by atoms with Gasteiger partial charge in [0.1, 0.15) is 0 Å². The lowest BCUT2D eigenvalue weighted by molar-refractivity contribution is -0.121. The lowest BCUT2D eigenvalue weighted by Crippen LogP contribution is -2.53. The molecule has 4 rings (SSSR count). The molecule has 29 heavy (non-hydrogen) atoms. The molecule has 0 aromatic heterocycles. The fourth-order valence-electron chi connectivity index (χ4n) is 4.05. The van der Waals surface area contributed by atoms with Crippen LogP contribution in [0.3, 0.4) is 0 Å². The summed E-state index contributed by atoms with van der Waals surface area (Å²) in [6, 6.07) is 14.0. The summed E-state index contributed by atoms with van der Waals surface area (Å²) in [4.78, 5) is 18.0. The molecule has 2 aromatic carbocycles.